The summed E-state index contributed by atoms with van der Waals surface area (Å²) in [5, 5.41) is 17.1. The number of ether oxygens (including phenoxy) is 1. The van der Waals surface area contributed by atoms with Gasteiger partial charge in [-0.15, -0.1) is 10.2 Å². The van der Waals surface area contributed by atoms with Crippen molar-refractivity contribution >= 4 is 28.1 Å². The highest BCUT2D eigenvalue weighted by molar-refractivity contribution is 7.17. The van der Waals surface area contributed by atoms with E-state index in [1.54, 1.807) is 17.6 Å². The molecule has 188 valence electrons. The Morgan fingerprint density at radius 2 is 1.89 bits per heavy atom. The Morgan fingerprint density at radius 3 is 2.64 bits per heavy atom. The summed E-state index contributed by atoms with van der Waals surface area (Å²) >= 11 is 1.57. The number of anilines is 2. The van der Waals surface area contributed by atoms with Crippen molar-refractivity contribution in [2.24, 2.45) is 5.92 Å². The fraction of sp³-hybridized carbons (Fsp3) is 0.346. The molecule has 9 nitrogen and oxygen atoms in total. The Morgan fingerprint density at radius 1 is 1.08 bits per heavy atom. The molecule has 0 atom stereocenters. The van der Waals surface area contributed by atoms with Gasteiger partial charge >= 0.3 is 0 Å². The lowest BCUT2D eigenvalue weighted by Gasteiger charge is -2.30. The molecule has 0 radical (unpaired) electrons. The second kappa shape index (κ2) is 11.3. The molecule has 3 aromatic heterocycles. The second-order valence-corrected chi connectivity index (χ2v) is 9.54. The van der Waals surface area contributed by atoms with Crippen LogP contribution in [0.25, 0.3) is 5.13 Å². The number of furan rings is 1. The second-order valence-electron chi connectivity index (χ2n) is 8.61. The lowest BCUT2D eigenvalue weighted by atomic mass is 9.96. The molecule has 2 N–H and O–H groups in total. The van der Waals surface area contributed by atoms with Gasteiger partial charge in [0.1, 0.15) is 11.5 Å². The number of benzene rings is 1. The molecule has 36 heavy (non-hydrogen) atoms. The van der Waals surface area contributed by atoms with Gasteiger partial charge in [0.05, 0.1) is 26.0 Å². The number of aromatic nitrogens is 3. The summed E-state index contributed by atoms with van der Waals surface area (Å²) < 4.78 is 12.9. The smallest absolute Gasteiger partial charge is 0.223 e. The summed E-state index contributed by atoms with van der Waals surface area (Å²) in [6.07, 6.45) is 5.21. The third kappa shape index (κ3) is 5.71. The van der Waals surface area contributed by atoms with E-state index in [9.17, 15) is 4.79 Å². The average molecular weight is 507 g/mol. The van der Waals surface area contributed by atoms with Crippen LogP contribution in [0.5, 0.6) is 5.75 Å². The zero-order valence-electron chi connectivity index (χ0n) is 20.2. The van der Waals surface area contributed by atoms with Gasteiger partial charge in [-0.3, -0.25) is 9.36 Å². The van der Waals surface area contributed by atoms with Crippen LogP contribution < -0.4 is 20.3 Å². The molecule has 10 heteroatoms. The number of piperidine rings is 1. The fourth-order valence-electron chi connectivity index (χ4n) is 4.27. The van der Waals surface area contributed by atoms with Crippen LogP contribution in [-0.4, -0.2) is 40.4 Å². The zero-order chi connectivity index (χ0) is 24.7. The molecule has 0 bridgehead atoms. The predicted molar refractivity (Wildman–Crippen MR) is 140 cm³/mol. The van der Waals surface area contributed by atoms with E-state index in [2.05, 4.69) is 36.4 Å². The highest BCUT2D eigenvalue weighted by Gasteiger charge is 2.27. The molecule has 1 aliphatic rings. The lowest BCUT2D eigenvalue weighted by molar-refractivity contribution is -0.125. The van der Waals surface area contributed by atoms with E-state index in [0.717, 1.165) is 59.1 Å². The van der Waals surface area contributed by atoms with Crippen molar-refractivity contribution < 1.29 is 13.9 Å². The summed E-state index contributed by atoms with van der Waals surface area (Å²) in [4.78, 5) is 14.8. The lowest BCUT2D eigenvalue weighted by Crippen LogP contribution is -2.40. The maximum atomic E-state index is 12.5. The Kier molecular flexibility index (Phi) is 7.51. The Labute approximate surface area is 214 Å². The van der Waals surface area contributed by atoms with E-state index in [0.29, 0.717) is 19.7 Å². The molecule has 1 amide bonds. The molecule has 1 aliphatic heterocycles. The van der Waals surface area contributed by atoms with Gasteiger partial charge in [-0.25, -0.2) is 0 Å². The topological polar surface area (TPSA) is 97.5 Å². The monoisotopic (exact) mass is 506 g/mol. The summed E-state index contributed by atoms with van der Waals surface area (Å²) in [6, 6.07) is 15.7. The largest absolute Gasteiger partial charge is 0.494 e. The molecular formula is C26H30N6O3S. The molecule has 0 unspecified atom stereocenters. The van der Waals surface area contributed by atoms with Crippen LogP contribution in [0, 0.1) is 5.92 Å². The first-order valence-electron chi connectivity index (χ1n) is 12.2. The Balaban J connectivity index is 1.14. The first-order chi connectivity index (χ1) is 17.7. The number of carbonyl (C=O) groups excluding carboxylic acids is 1. The number of rotatable bonds is 10. The molecule has 4 heterocycles. The number of nitrogens with one attached hydrogen (secondary N) is 2. The normalized spacial score (nSPS) is 14.1. The van der Waals surface area contributed by atoms with Crippen molar-refractivity contribution in [2.75, 3.05) is 29.9 Å². The predicted octanol–water partition coefficient (Wildman–Crippen LogP) is 4.47. The molecule has 0 spiro atoms. The van der Waals surface area contributed by atoms with Gasteiger partial charge in [0, 0.05) is 36.6 Å². The standard InChI is InChI=1S/C26H30N6O3S/c1-2-34-22-9-7-20(8-10-22)27-17-21-5-3-13-32(21)26-30-29-25(36-26)31-14-11-19(12-15-31)24(33)28-18-23-6-4-16-35-23/h3-10,13,16,19,27H,2,11-12,14-15,17-18H2,1H3,(H,28,33). The van der Waals surface area contributed by atoms with Crippen molar-refractivity contribution in [3.63, 3.8) is 0 Å². The van der Waals surface area contributed by atoms with Crippen LogP contribution in [0.15, 0.2) is 65.4 Å². The summed E-state index contributed by atoms with van der Waals surface area (Å²) in [5.41, 5.74) is 2.12. The Bertz CT molecular complexity index is 1240. The minimum atomic E-state index is 0.00771. The van der Waals surface area contributed by atoms with Crippen molar-refractivity contribution in [1.82, 2.24) is 20.1 Å². The highest BCUT2D eigenvalue weighted by Crippen LogP contribution is 2.29. The van der Waals surface area contributed by atoms with Gasteiger partial charge in [0.25, 0.3) is 0 Å². The van der Waals surface area contributed by atoms with Crippen LogP contribution >= 0.6 is 11.3 Å². The first-order valence-corrected chi connectivity index (χ1v) is 13.0. The molecular weight excluding hydrogens is 476 g/mol. The van der Waals surface area contributed by atoms with Crippen LogP contribution in [0.3, 0.4) is 0 Å². The highest BCUT2D eigenvalue weighted by atomic mass is 32.1. The van der Waals surface area contributed by atoms with Crippen molar-refractivity contribution in [3.8, 4) is 10.9 Å². The van der Waals surface area contributed by atoms with E-state index in [1.807, 2.05) is 55.6 Å². The third-order valence-electron chi connectivity index (χ3n) is 6.24. The molecule has 1 saturated heterocycles. The summed E-state index contributed by atoms with van der Waals surface area (Å²) in [5.74, 6) is 1.72. The van der Waals surface area contributed by atoms with Crippen LogP contribution in [-0.2, 0) is 17.9 Å². The van der Waals surface area contributed by atoms with E-state index in [1.165, 1.54) is 0 Å². The number of carbonyl (C=O) groups is 1. The van der Waals surface area contributed by atoms with E-state index in [-0.39, 0.29) is 11.8 Å². The average Bonchev–Trinajstić information content (AvgIpc) is 3.69. The van der Waals surface area contributed by atoms with Crippen molar-refractivity contribution in [1.29, 1.82) is 0 Å². The van der Waals surface area contributed by atoms with Crippen LogP contribution in [0.4, 0.5) is 10.8 Å². The molecule has 0 aliphatic carbocycles. The molecule has 4 aromatic rings. The maximum absolute atomic E-state index is 12.5. The minimum absolute atomic E-state index is 0.00771. The number of hydrogen-bond donors (Lipinski definition) is 2. The summed E-state index contributed by atoms with van der Waals surface area (Å²) in [6.45, 7) is 5.29. The molecule has 0 saturated carbocycles. The van der Waals surface area contributed by atoms with Crippen LogP contribution in [0.1, 0.15) is 31.2 Å². The zero-order valence-corrected chi connectivity index (χ0v) is 21.0. The number of amides is 1. The van der Waals surface area contributed by atoms with Gasteiger partial charge < -0.3 is 24.7 Å². The van der Waals surface area contributed by atoms with Gasteiger partial charge in [0.15, 0.2) is 0 Å². The van der Waals surface area contributed by atoms with Gasteiger partial charge in [-0.05, 0) is 68.3 Å². The Hall–Kier alpha value is -3.79. The fourth-order valence-corrected chi connectivity index (χ4v) is 5.19. The number of nitrogens with zero attached hydrogens (tertiary/aromatic N) is 4. The first kappa shape index (κ1) is 23.9. The third-order valence-corrected chi connectivity index (χ3v) is 7.22. The molecule has 1 aromatic carbocycles. The van der Waals surface area contributed by atoms with E-state index >= 15 is 0 Å². The van der Waals surface area contributed by atoms with Gasteiger partial charge in [-0.2, -0.15) is 0 Å². The minimum Gasteiger partial charge on any atom is -0.494 e. The van der Waals surface area contributed by atoms with Crippen molar-refractivity contribution in [2.45, 2.75) is 32.9 Å². The summed E-state index contributed by atoms with van der Waals surface area (Å²) in [7, 11) is 0. The SMILES string of the molecule is CCOc1ccc(NCc2cccn2-c2nnc(N3CCC(C(=O)NCc4ccco4)CC3)s2)cc1. The van der Waals surface area contributed by atoms with Crippen LogP contribution in [0.2, 0.25) is 0 Å². The number of hydrogen-bond acceptors (Lipinski definition) is 8. The van der Waals surface area contributed by atoms with Crippen molar-refractivity contribution in [3.05, 3.63) is 72.4 Å². The van der Waals surface area contributed by atoms with E-state index < -0.39 is 0 Å². The van der Waals surface area contributed by atoms with Gasteiger partial charge in [0.2, 0.25) is 16.2 Å². The quantitative estimate of drug-likeness (QED) is 0.328. The molecule has 1 fully saturated rings. The van der Waals surface area contributed by atoms with Gasteiger partial charge in [-0.1, -0.05) is 11.3 Å². The maximum Gasteiger partial charge on any atom is 0.223 e. The van der Waals surface area contributed by atoms with E-state index in [4.69, 9.17) is 9.15 Å². The molecule has 5 rings (SSSR count).